The Morgan fingerprint density at radius 3 is 2.42 bits per heavy atom. The van der Waals surface area contributed by atoms with Gasteiger partial charge in [0.15, 0.2) is 5.82 Å². The molecule has 1 heterocycles. The molecule has 0 aliphatic heterocycles. The Morgan fingerprint density at radius 1 is 1.32 bits per heavy atom. The van der Waals surface area contributed by atoms with E-state index in [1.165, 1.54) is 0 Å². The third kappa shape index (κ3) is 3.62. The molecule has 1 aromatic heterocycles. The quantitative estimate of drug-likeness (QED) is 0.820. The van der Waals surface area contributed by atoms with Gasteiger partial charge in [0, 0.05) is 25.7 Å². The summed E-state index contributed by atoms with van der Waals surface area (Å²) in [6.07, 6.45) is 1.06. The number of aryl methyl sites for hydroxylation is 2. The maximum Gasteiger partial charge on any atom is 0.150 e. The first-order chi connectivity index (χ1) is 8.92. The lowest BCUT2D eigenvalue weighted by Crippen LogP contribution is -2.41. The third-order valence-electron chi connectivity index (χ3n) is 3.36. The predicted octanol–water partition coefficient (Wildman–Crippen LogP) is 1.96. The maximum atomic E-state index is 6.24. The molecule has 0 bridgehead atoms. The molecule has 5 nitrogen and oxygen atoms in total. The number of anilines is 2. The summed E-state index contributed by atoms with van der Waals surface area (Å²) in [7, 11) is 4.20. The van der Waals surface area contributed by atoms with Crippen LogP contribution in [0.5, 0.6) is 0 Å². The van der Waals surface area contributed by atoms with Crippen LogP contribution in [-0.2, 0) is 6.54 Å². The summed E-state index contributed by atoms with van der Waals surface area (Å²) in [4.78, 5) is 4.56. The molecule has 0 spiro atoms. The van der Waals surface area contributed by atoms with E-state index in [2.05, 4.69) is 54.4 Å². The number of hydrogen-bond acceptors (Lipinski definition) is 4. The highest BCUT2D eigenvalue weighted by atomic mass is 15.4. The molecule has 0 aliphatic carbocycles. The second-order valence-electron chi connectivity index (χ2n) is 5.44. The van der Waals surface area contributed by atoms with Crippen LogP contribution in [0.25, 0.3) is 0 Å². The average molecular weight is 267 g/mol. The van der Waals surface area contributed by atoms with E-state index in [0.29, 0.717) is 6.04 Å². The van der Waals surface area contributed by atoms with Gasteiger partial charge in [0.25, 0.3) is 0 Å². The number of aromatic nitrogens is 2. The van der Waals surface area contributed by atoms with E-state index < -0.39 is 0 Å². The van der Waals surface area contributed by atoms with Gasteiger partial charge in [-0.25, -0.2) is 4.68 Å². The van der Waals surface area contributed by atoms with Gasteiger partial charge in [0.1, 0.15) is 0 Å². The van der Waals surface area contributed by atoms with Crippen LogP contribution in [0, 0.1) is 6.92 Å². The van der Waals surface area contributed by atoms with Crippen LogP contribution >= 0.6 is 0 Å². The van der Waals surface area contributed by atoms with Crippen LogP contribution in [0.15, 0.2) is 0 Å². The van der Waals surface area contributed by atoms with E-state index in [-0.39, 0.29) is 0 Å². The van der Waals surface area contributed by atoms with E-state index in [4.69, 9.17) is 5.73 Å². The van der Waals surface area contributed by atoms with Crippen molar-refractivity contribution < 1.29 is 0 Å². The second kappa shape index (κ2) is 6.80. The molecule has 2 N–H and O–H groups in total. The summed E-state index contributed by atoms with van der Waals surface area (Å²) < 4.78 is 2.06. The molecule has 0 radical (unpaired) electrons. The first-order valence-electron chi connectivity index (χ1n) is 7.16. The molecule has 1 rings (SSSR count). The smallest absolute Gasteiger partial charge is 0.150 e. The van der Waals surface area contributed by atoms with Gasteiger partial charge in [0.2, 0.25) is 0 Å². The van der Waals surface area contributed by atoms with Crippen LogP contribution in [-0.4, -0.2) is 47.9 Å². The molecule has 0 amide bonds. The van der Waals surface area contributed by atoms with Crippen LogP contribution in [0.1, 0.15) is 32.9 Å². The lowest BCUT2D eigenvalue weighted by Gasteiger charge is -2.32. The topological polar surface area (TPSA) is 50.3 Å². The summed E-state index contributed by atoms with van der Waals surface area (Å²) in [6.45, 7) is 11.4. The number of hydrogen-bond donors (Lipinski definition) is 1. The van der Waals surface area contributed by atoms with E-state index >= 15 is 0 Å². The van der Waals surface area contributed by atoms with E-state index in [9.17, 15) is 0 Å². The van der Waals surface area contributed by atoms with Crippen LogP contribution < -0.4 is 10.6 Å². The fraction of sp³-hybridized carbons (Fsp3) is 0.786. The minimum absolute atomic E-state index is 0.411. The van der Waals surface area contributed by atoms with E-state index in [0.717, 1.165) is 43.3 Å². The minimum Gasteiger partial charge on any atom is -0.394 e. The Morgan fingerprint density at radius 2 is 1.95 bits per heavy atom. The van der Waals surface area contributed by atoms with Crippen LogP contribution in [0.3, 0.4) is 0 Å². The van der Waals surface area contributed by atoms with Crippen molar-refractivity contribution in [2.24, 2.45) is 0 Å². The Labute approximate surface area is 117 Å². The van der Waals surface area contributed by atoms with E-state index in [1.807, 2.05) is 6.92 Å². The van der Waals surface area contributed by atoms with E-state index in [1.54, 1.807) is 0 Å². The largest absolute Gasteiger partial charge is 0.394 e. The summed E-state index contributed by atoms with van der Waals surface area (Å²) >= 11 is 0. The number of likely N-dealkylation sites (N-methyl/N-ethyl adjacent to an activating group) is 2. The van der Waals surface area contributed by atoms with Gasteiger partial charge in [-0.1, -0.05) is 6.92 Å². The number of nitrogens with two attached hydrogens (primary N) is 1. The molecule has 0 saturated heterocycles. The molecule has 1 atom stereocenters. The molecule has 19 heavy (non-hydrogen) atoms. The molecule has 0 aliphatic rings. The third-order valence-corrected chi connectivity index (χ3v) is 3.36. The number of rotatable bonds is 7. The standard InChI is InChI=1S/C14H29N5/c1-7-9-19-14(13(15)12(4)16-19)18(8-2)11(3)10-17(5)6/h11H,7-10,15H2,1-6H3. The highest BCUT2D eigenvalue weighted by Gasteiger charge is 2.22. The van der Waals surface area contributed by atoms with Gasteiger partial charge in [-0.05, 0) is 41.3 Å². The van der Waals surface area contributed by atoms with Gasteiger partial charge < -0.3 is 15.5 Å². The Hall–Kier alpha value is -1.23. The zero-order chi connectivity index (χ0) is 14.6. The van der Waals surface area contributed by atoms with Gasteiger partial charge in [-0.15, -0.1) is 0 Å². The Kier molecular flexibility index (Phi) is 5.66. The molecule has 1 unspecified atom stereocenters. The lowest BCUT2D eigenvalue weighted by atomic mass is 10.2. The highest BCUT2D eigenvalue weighted by Crippen LogP contribution is 2.28. The first-order valence-corrected chi connectivity index (χ1v) is 7.16. The molecule has 110 valence electrons. The fourth-order valence-electron chi connectivity index (χ4n) is 2.55. The van der Waals surface area contributed by atoms with Crippen LogP contribution in [0.2, 0.25) is 0 Å². The van der Waals surface area contributed by atoms with Crippen LogP contribution in [0.4, 0.5) is 11.5 Å². The molecule has 0 aromatic carbocycles. The summed E-state index contributed by atoms with van der Waals surface area (Å²) in [5, 5.41) is 4.57. The summed E-state index contributed by atoms with van der Waals surface area (Å²) in [5.41, 5.74) is 7.99. The lowest BCUT2D eigenvalue weighted by molar-refractivity contribution is 0.370. The zero-order valence-electron chi connectivity index (χ0n) is 13.3. The molecule has 0 fully saturated rings. The van der Waals surface area contributed by atoms with Gasteiger partial charge in [0.05, 0.1) is 11.4 Å². The van der Waals surface area contributed by atoms with Gasteiger partial charge in [-0.2, -0.15) is 5.10 Å². The maximum absolute atomic E-state index is 6.24. The number of nitrogen functional groups attached to an aromatic ring is 1. The van der Waals surface area contributed by atoms with Crippen molar-refractivity contribution in [1.82, 2.24) is 14.7 Å². The van der Waals surface area contributed by atoms with Gasteiger partial charge >= 0.3 is 0 Å². The molecule has 1 aromatic rings. The second-order valence-corrected chi connectivity index (χ2v) is 5.44. The SMILES string of the molecule is CCCn1nc(C)c(N)c1N(CC)C(C)CN(C)C. The van der Waals surface area contributed by atoms with Gasteiger partial charge in [-0.3, -0.25) is 0 Å². The molecule has 0 saturated carbocycles. The first kappa shape index (κ1) is 15.8. The molecular weight excluding hydrogens is 238 g/mol. The Balaban J connectivity index is 3.09. The monoisotopic (exact) mass is 267 g/mol. The fourth-order valence-corrected chi connectivity index (χ4v) is 2.55. The van der Waals surface area contributed by atoms with Crippen molar-refractivity contribution in [3.63, 3.8) is 0 Å². The Bertz CT molecular complexity index is 397. The van der Waals surface area contributed by atoms with Crippen molar-refractivity contribution in [2.75, 3.05) is 37.8 Å². The normalized spacial score (nSPS) is 13.0. The summed E-state index contributed by atoms with van der Waals surface area (Å²) in [5.74, 6) is 1.08. The van der Waals surface area contributed by atoms with Crippen molar-refractivity contribution in [3.8, 4) is 0 Å². The van der Waals surface area contributed by atoms with Crippen molar-refractivity contribution in [2.45, 2.75) is 46.7 Å². The summed E-state index contributed by atoms with van der Waals surface area (Å²) in [6, 6.07) is 0.411. The average Bonchev–Trinajstić information content (AvgIpc) is 2.58. The van der Waals surface area contributed by atoms with Crippen molar-refractivity contribution in [1.29, 1.82) is 0 Å². The minimum atomic E-state index is 0.411. The van der Waals surface area contributed by atoms with Crippen molar-refractivity contribution >= 4 is 11.5 Å². The highest BCUT2D eigenvalue weighted by molar-refractivity contribution is 5.66. The number of nitrogens with zero attached hydrogens (tertiary/aromatic N) is 4. The van der Waals surface area contributed by atoms with Crippen molar-refractivity contribution in [3.05, 3.63) is 5.69 Å². The molecule has 5 heteroatoms. The predicted molar refractivity (Wildman–Crippen MR) is 82.7 cm³/mol. The molecular formula is C14H29N5. The zero-order valence-corrected chi connectivity index (χ0v) is 13.3.